The Balaban J connectivity index is 0.00000200. The highest BCUT2D eigenvalue weighted by Crippen LogP contribution is 2.24. The summed E-state index contributed by atoms with van der Waals surface area (Å²) in [6.45, 7) is 5.30. The fraction of sp³-hybridized carbons (Fsp3) is 0.533. The molecular weight excluding hydrogens is 279 g/mol. The first-order valence-electron chi connectivity index (χ1n) is 6.78. The summed E-state index contributed by atoms with van der Waals surface area (Å²) in [5.74, 6) is -0.373. The summed E-state index contributed by atoms with van der Waals surface area (Å²) in [5.41, 5.74) is -0.0230. The van der Waals surface area contributed by atoms with E-state index in [2.05, 4.69) is 10.6 Å². The number of hydrogen-bond acceptors (Lipinski definition) is 2. The van der Waals surface area contributed by atoms with Gasteiger partial charge < -0.3 is 10.6 Å². The van der Waals surface area contributed by atoms with E-state index in [1.54, 1.807) is 12.1 Å². The van der Waals surface area contributed by atoms with Gasteiger partial charge in [-0.05, 0) is 50.9 Å². The molecule has 112 valence electrons. The van der Waals surface area contributed by atoms with Gasteiger partial charge in [0.2, 0.25) is 5.91 Å². The highest BCUT2D eigenvalue weighted by molar-refractivity contribution is 5.87. The first-order valence-corrected chi connectivity index (χ1v) is 6.78. The third-order valence-corrected chi connectivity index (χ3v) is 3.79. The normalized spacial score (nSPS) is 18.4. The van der Waals surface area contributed by atoms with Crippen LogP contribution in [-0.2, 0) is 10.2 Å². The number of amides is 1. The van der Waals surface area contributed by atoms with Gasteiger partial charge in [-0.3, -0.25) is 4.79 Å². The molecule has 1 aliphatic rings. The number of benzene rings is 1. The summed E-state index contributed by atoms with van der Waals surface area (Å²) in [6.07, 6.45) is 2.26. The Bertz CT molecular complexity index is 459. The summed E-state index contributed by atoms with van der Waals surface area (Å²) >= 11 is 0. The smallest absolute Gasteiger partial charge is 0.230 e. The Hall–Kier alpha value is -1.13. The Morgan fingerprint density at radius 2 is 2.25 bits per heavy atom. The molecule has 0 radical (unpaired) electrons. The second kappa shape index (κ2) is 7.04. The van der Waals surface area contributed by atoms with Crippen molar-refractivity contribution in [2.75, 3.05) is 13.1 Å². The van der Waals surface area contributed by atoms with Crippen LogP contribution in [-0.4, -0.2) is 25.0 Å². The molecule has 1 saturated heterocycles. The number of rotatable bonds is 4. The van der Waals surface area contributed by atoms with Gasteiger partial charge in [0.25, 0.3) is 0 Å². The molecule has 3 nitrogen and oxygen atoms in total. The summed E-state index contributed by atoms with van der Waals surface area (Å²) in [5, 5.41) is 6.30. The minimum atomic E-state index is -0.722. The summed E-state index contributed by atoms with van der Waals surface area (Å²) in [7, 11) is 0. The van der Waals surface area contributed by atoms with E-state index < -0.39 is 5.41 Å². The van der Waals surface area contributed by atoms with Crippen molar-refractivity contribution in [3.8, 4) is 0 Å². The van der Waals surface area contributed by atoms with Crippen LogP contribution in [0.5, 0.6) is 0 Å². The first-order chi connectivity index (χ1) is 9.00. The van der Waals surface area contributed by atoms with Crippen LogP contribution < -0.4 is 10.6 Å². The van der Waals surface area contributed by atoms with Gasteiger partial charge in [0.05, 0.1) is 5.41 Å². The summed E-state index contributed by atoms with van der Waals surface area (Å²) in [6, 6.07) is 6.61. The van der Waals surface area contributed by atoms with Crippen molar-refractivity contribution < 1.29 is 9.18 Å². The quantitative estimate of drug-likeness (QED) is 0.896. The van der Waals surface area contributed by atoms with E-state index in [4.69, 9.17) is 0 Å². The average Bonchev–Trinajstić information content (AvgIpc) is 2.89. The van der Waals surface area contributed by atoms with Crippen LogP contribution in [0.15, 0.2) is 24.3 Å². The topological polar surface area (TPSA) is 41.1 Å². The highest BCUT2D eigenvalue weighted by Gasteiger charge is 2.30. The molecule has 0 spiro atoms. The molecule has 2 N–H and O–H groups in total. The van der Waals surface area contributed by atoms with Gasteiger partial charge in [-0.25, -0.2) is 4.39 Å². The van der Waals surface area contributed by atoms with Crippen LogP contribution in [0.25, 0.3) is 0 Å². The molecule has 1 aromatic rings. The number of nitrogens with one attached hydrogen (secondary N) is 2. The van der Waals surface area contributed by atoms with E-state index in [0.717, 1.165) is 19.4 Å². The van der Waals surface area contributed by atoms with Gasteiger partial charge >= 0.3 is 0 Å². The van der Waals surface area contributed by atoms with Gasteiger partial charge in [-0.2, -0.15) is 0 Å². The summed E-state index contributed by atoms with van der Waals surface area (Å²) < 4.78 is 13.3. The van der Waals surface area contributed by atoms with Gasteiger partial charge in [0.15, 0.2) is 0 Å². The lowest BCUT2D eigenvalue weighted by molar-refractivity contribution is -0.125. The van der Waals surface area contributed by atoms with E-state index in [1.807, 2.05) is 13.8 Å². The van der Waals surface area contributed by atoms with Crippen molar-refractivity contribution in [3.05, 3.63) is 35.6 Å². The highest BCUT2D eigenvalue weighted by atomic mass is 35.5. The maximum atomic E-state index is 13.3. The van der Waals surface area contributed by atoms with Gasteiger partial charge in [-0.1, -0.05) is 12.1 Å². The average molecular weight is 301 g/mol. The van der Waals surface area contributed by atoms with Crippen LogP contribution >= 0.6 is 12.4 Å². The largest absolute Gasteiger partial charge is 0.354 e. The molecule has 0 bridgehead atoms. The maximum absolute atomic E-state index is 13.3. The molecular formula is C15H22ClFN2O. The molecule has 0 saturated carbocycles. The Morgan fingerprint density at radius 3 is 2.85 bits per heavy atom. The number of carbonyl (C=O) groups excluding carboxylic acids is 1. The van der Waals surface area contributed by atoms with E-state index in [1.165, 1.54) is 12.1 Å². The van der Waals surface area contributed by atoms with E-state index in [0.29, 0.717) is 18.2 Å². The van der Waals surface area contributed by atoms with Crippen molar-refractivity contribution >= 4 is 18.3 Å². The first kappa shape index (κ1) is 16.9. The van der Waals surface area contributed by atoms with Crippen LogP contribution in [0.1, 0.15) is 32.3 Å². The van der Waals surface area contributed by atoms with Gasteiger partial charge in [-0.15, -0.1) is 12.4 Å². The van der Waals surface area contributed by atoms with Crippen LogP contribution in [0.4, 0.5) is 4.39 Å². The molecule has 1 fully saturated rings. The Labute approximate surface area is 125 Å². The van der Waals surface area contributed by atoms with Gasteiger partial charge in [0.1, 0.15) is 5.82 Å². The fourth-order valence-electron chi connectivity index (χ4n) is 2.38. The van der Waals surface area contributed by atoms with E-state index >= 15 is 0 Å². The molecule has 20 heavy (non-hydrogen) atoms. The second-order valence-electron chi connectivity index (χ2n) is 5.64. The van der Waals surface area contributed by atoms with Crippen molar-refractivity contribution in [1.29, 1.82) is 0 Å². The Morgan fingerprint density at radius 1 is 1.50 bits per heavy atom. The fourth-order valence-corrected chi connectivity index (χ4v) is 2.38. The zero-order valence-electron chi connectivity index (χ0n) is 11.9. The maximum Gasteiger partial charge on any atom is 0.230 e. The lowest BCUT2D eigenvalue weighted by atomic mass is 9.83. The van der Waals surface area contributed by atoms with Crippen molar-refractivity contribution in [2.45, 2.75) is 38.1 Å². The summed E-state index contributed by atoms with van der Waals surface area (Å²) in [4.78, 5) is 12.3. The van der Waals surface area contributed by atoms with Crippen LogP contribution in [0.3, 0.4) is 0 Å². The predicted octanol–water partition coefficient (Wildman–Crippen LogP) is 2.39. The molecule has 1 atom stereocenters. The van der Waals surface area contributed by atoms with Crippen LogP contribution in [0.2, 0.25) is 0 Å². The molecule has 1 aliphatic heterocycles. The predicted molar refractivity (Wildman–Crippen MR) is 80.7 cm³/mol. The zero-order valence-corrected chi connectivity index (χ0v) is 12.7. The molecule has 1 unspecified atom stereocenters. The SMILES string of the molecule is CC(C)(C(=O)NCC1CCCN1)c1cccc(F)c1.Cl. The second-order valence-corrected chi connectivity index (χ2v) is 5.64. The number of hydrogen-bond donors (Lipinski definition) is 2. The lowest BCUT2D eigenvalue weighted by Gasteiger charge is -2.25. The zero-order chi connectivity index (χ0) is 13.9. The third-order valence-electron chi connectivity index (χ3n) is 3.79. The van der Waals surface area contributed by atoms with Crippen LogP contribution in [0, 0.1) is 5.82 Å². The van der Waals surface area contributed by atoms with E-state index in [-0.39, 0.29) is 24.1 Å². The monoisotopic (exact) mass is 300 g/mol. The standard InChI is InChI=1S/C15H21FN2O.ClH/c1-15(2,11-5-3-6-12(16)9-11)14(19)18-10-13-7-4-8-17-13;/h3,5-6,9,13,17H,4,7-8,10H2,1-2H3,(H,18,19);1H. The van der Waals surface area contributed by atoms with E-state index in [9.17, 15) is 9.18 Å². The van der Waals surface area contributed by atoms with Crippen molar-refractivity contribution in [2.24, 2.45) is 0 Å². The number of carbonyl (C=O) groups is 1. The van der Waals surface area contributed by atoms with Gasteiger partial charge in [0, 0.05) is 12.6 Å². The lowest BCUT2D eigenvalue weighted by Crippen LogP contribution is -2.45. The molecule has 2 rings (SSSR count). The minimum absolute atomic E-state index is 0. The molecule has 1 heterocycles. The third kappa shape index (κ3) is 3.93. The molecule has 0 aromatic heterocycles. The minimum Gasteiger partial charge on any atom is -0.354 e. The van der Waals surface area contributed by atoms with Crippen molar-refractivity contribution in [3.63, 3.8) is 0 Å². The number of halogens is 2. The molecule has 0 aliphatic carbocycles. The molecule has 5 heteroatoms. The van der Waals surface area contributed by atoms with Crippen molar-refractivity contribution in [1.82, 2.24) is 10.6 Å². The Kier molecular flexibility index (Phi) is 5.96. The molecule has 1 amide bonds. The molecule has 1 aromatic carbocycles.